The summed E-state index contributed by atoms with van der Waals surface area (Å²) in [4.78, 5) is 28.7. The van der Waals surface area contributed by atoms with Crippen LogP contribution in [0.1, 0.15) is 42.5 Å². The van der Waals surface area contributed by atoms with Crippen molar-refractivity contribution < 1.29 is 23.1 Å². The highest BCUT2D eigenvalue weighted by Crippen LogP contribution is 2.14. The van der Waals surface area contributed by atoms with Crippen molar-refractivity contribution in [3.8, 4) is 0 Å². The first kappa shape index (κ1) is 25.6. The normalized spacial score (nSPS) is 13.7. The molecule has 2 aromatic rings. The average molecular weight is 462 g/mol. The Balaban J connectivity index is 2.30. The van der Waals surface area contributed by atoms with Gasteiger partial charge in [0.25, 0.3) is 5.91 Å². The third-order valence-corrected chi connectivity index (χ3v) is 7.14. The van der Waals surface area contributed by atoms with Crippen LogP contribution in [0.3, 0.4) is 0 Å². The van der Waals surface area contributed by atoms with E-state index in [1.54, 1.807) is 25.1 Å². The lowest BCUT2D eigenvalue weighted by Gasteiger charge is -2.30. The average Bonchev–Trinajstić information content (AvgIpc) is 2.73. The van der Waals surface area contributed by atoms with E-state index in [1.807, 2.05) is 30.3 Å². The second-order valence-corrected chi connectivity index (χ2v) is 10.6. The van der Waals surface area contributed by atoms with E-state index < -0.39 is 33.3 Å². The minimum atomic E-state index is -3.79. The number of amides is 1. The maximum atomic E-state index is 12.8. The molecule has 0 radical (unpaired) electrons. The van der Waals surface area contributed by atoms with Gasteiger partial charge in [-0.2, -0.15) is 4.31 Å². The van der Waals surface area contributed by atoms with Gasteiger partial charge >= 0.3 is 0 Å². The second-order valence-electron chi connectivity index (χ2n) is 8.09. The number of pyridine rings is 1. The number of hydrogen-bond acceptors (Lipinski definition) is 6. The van der Waals surface area contributed by atoms with E-state index in [4.69, 9.17) is 0 Å². The summed E-state index contributed by atoms with van der Waals surface area (Å²) in [5, 5.41) is 13.0. The highest BCUT2D eigenvalue weighted by molar-refractivity contribution is 7.89. The molecule has 1 heterocycles. The maximum Gasteiger partial charge on any atom is 0.270 e. The lowest BCUT2D eigenvalue weighted by atomic mass is 10.0. The number of Topliss-reactive ketones (excluding diaryl/α,β-unsaturated/α-hetero) is 1. The van der Waals surface area contributed by atoms with Gasteiger partial charge in [-0.05, 0) is 51.8 Å². The van der Waals surface area contributed by atoms with Crippen molar-refractivity contribution in [2.45, 2.75) is 51.5 Å². The molecule has 1 aromatic heterocycles. The molecule has 0 fully saturated rings. The number of benzene rings is 1. The molecule has 174 valence electrons. The van der Waals surface area contributed by atoms with Crippen molar-refractivity contribution in [2.75, 3.05) is 13.1 Å². The summed E-state index contributed by atoms with van der Waals surface area (Å²) >= 11 is 0. The number of nitrogens with zero attached hydrogens (tertiary/aromatic N) is 2. The first-order chi connectivity index (χ1) is 15.0. The fourth-order valence-electron chi connectivity index (χ4n) is 3.20. The Morgan fingerprint density at radius 3 is 2.31 bits per heavy atom. The molecule has 0 saturated carbocycles. The largest absolute Gasteiger partial charge is 0.390 e. The molecule has 0 aliphatic heterocycles. The van der Waals surface area contributed by atoms with Crippen LogP contribution in [-0.4, -0.2) is 65.0 Å². The van der Waals surface area contributed by atoms with Gasteiger partial charge in [0.2, 0.25) is 10.0 Å². The van der Waals surface area contributed by atoms with Crippen LogP contribution in [-0.2, 0) is 21.2 Å². The fourth-order valence-corrected chi connectivity index (χ4v) is 4.52. The minimum Gasteiger partial charge on any atom is -0.390 e. The molecule has 0 aliphatic carbocycles. The molecule has 8 nitrogen and oxygen atoms in total. The Morgan fingerprint density at radius 2 is 1.75 bits per heavy atom. The van der Waals surface area contributed by atoms with Crippen LogP contribution in [0.2, 0.25) is 0 Å². The molecule has 9 heteroatoms. The van der Waals surface area contributed by atoms with Crippen LogP contribution in [0.4, 0.5) is 0 Å². The van der Waals surface area contributed by atoms with Crippen LogP contribution in [0.25, 0.3) is 0 Å². The molecular weight excluding hydrogens is 430 g/mol. The Bertz CT molecular complexity index is 1020. The Kier molecular flexibility index (Phi) is 9.06. The Morgan fingerprint density at radius 1 is 1.09 bits per heavy atom. The van der Waals surface area contributed by atoms with E-state index in [0.717, 1.165) is 9.87 Å². The molecule has 1 aromatic carbocycles. The summed E-state index contributed by atoms with van der Waals surface area (Å²) in [6.07, 6.45) is -0.980. The topological polar surface area (TPSA) is 117 Å². The minimum absolute atomic E-state index is 0.200. The number of aliphatic hydroxyl groups excluding tert-OH is 1. The van der Waals surface area contributed by atoms with E-state index >= 15 is 0 Å². The first-order valence-corrected chi connectivity index (χ1v) is 12.0. The van der Waals surface area contributed by atoms with Gasteiger partial charge in [-0.15, -0.1) is 0 Å². The number of carbonyl (C=O) groups excluding carboxylic acids is 2. The summed E-state index contributed by atoms with van der Waals surface area (Å²) in [5.41, 5.74) is 1.73. The summed E-state index contributed by atoms with van der Waals surface area (Å²) in [7, 11) is -3.79. The second kappa shape index (κ2) is 11.3. The predicted octanol–water partition coefficient (Wildman–Crippen LogP) is 1.72. The van der Waals surface area contributed by atoms with Gasteiger partial charge in [-0.3, -0.25) is 9.59 Å². The summed E-state index contributed by atoms with van der Waals surface area (Å²) in [6, 6.07) is 13.5. The van der Waals surface area contributed by atoms with Gasteiger partial charge in [0.05, 0.1) is 23.9 Å². The molecular formula is C23H31N3O5S. The highest BCUT2D eigenvalue weighted by Gasteiger charge is 2.32. The van der Waals surface area contributed by atoms with Crippen LogP contribution >= 0.6 is 0 Å². The van der Waals surface area contributed by atoms with Crippen molar-refractivity contribution in [3.63, 3.8) is 0 Å². The van der Waals surface area contributed by atoms with E-state index in [0.29, 0.717) is 5.69 Å². The predicted molar refractivity (Wildman–Crippen MR) is 123 cm³/mol. The third kappa shape index (κ3) is 7.22. The summed E-state index contributed by atoms with van der Waals surface area (Å²) in [5.74, 6) is -0.812. The van der Waals surface area contributed by atoms with Crippen molar-refractivity contribution in [3.05, 3.63) is 65.5 Å². The van der Waals surface area contributed by atoms with Crippen molar-refractivity contribution >= 4 is 21.7 Å². The number of aromatic nitrogens is 1. The lowest BCUT2D eigenvalue weighted by Crippen LogP contribution is -2.52. The number of nitrogens with one attached hydrogen (secondary N) is 1. The van der Waals surface area contributed by atoms with Crippen molar-refractivity contribution in [1.29, 1.82) is 0 Å². The fraction of sp³-hybridized carbons (Fsp3) is 0.435. The molecule has 32 heavy (non-hydrogen) atoms. The zero-order valence-electron chi connectivity index (χ0n) is 18.9. The maximum absolute atomic E-state index is 12.8. The van der Waals surface area contributed by atoms with E-state index in [-0.39, 0.29) is 31.0 Å². The van der Waals surface area contributed by atoms with E-state index in [1.165, 1.54) is 20.8 Å². The molecule has 0 saturated heterocycles. The Labute approximate surface area is 189 Å². The van der Waals surface area contributed by atoms with Gasteiger partial charge in [-0.25, -0.2) is 13.4 Å². The van der Waals surface area contributed by atoms with Gasteiger partial charge in [-0.1, -0.05) is 36.4 Å². The quantitative estimate of drug-likeness (QED) is 0.526. The number of aryl methyl sites for hydroxylation is 1. The van der Waals surface area contributed by atoms with Crippen LogP contribution in [0.15, 0.2) is 48.5 Å². The monoisotopic (exact) mass is 461 g/mol. The van der Waals surface area contributed by atoms with Crippen LogP contribution < -0.4 is 5.32 Å². The number of ketones is 1. The third-order valence-electron chi connectivity index (χ3n) is 4.95. The van der Waals surface area contributed by atoms with Gasteiger partial charge in [0, 0.05) is 12.2 Å². The summed E-state index contributed by atoms with van der Waals surface area (Å²) in [6.45, 7) is 5.43. The first-order valence-electron chi connectivity index (χ1n) is 10.5. The summed E-state index contributed by atoms with van der Waals surface area (Å²) < 4.78 is 26.4. The number of sulfonamides is 1. The van der Waals surface area contributed by atoms with Gasteiger partial charge in [0.15, 0.2) is 0 Å². The number of rotatable bonds is 11. The molecule has 0 bridgehead atoms. The standard InChI is InChI=1S/C23H31N3O5S/c1-16(2)32(30,31)26(14-18(4)27)15-22(28)21(13-19-10-6-5-7-11-19)25-23(29)20-12-8-9-17(3)24-20/h5-12,16,21-22,28H,13-15H2,1-4H3,(H,25,29). The molecule has 2 atom stereocenters. The molecule has 2 unspecified atom stereocenters. The van der Waals surface area contributed by atoms with E-state index in [9.17, 15) is 23.1 Å². The van der Waals surface area contributed by atoms with Crippen molar-refractivity contribution in [2.24, 2.45) is 0 Å². The number of aliphatic hydroxyl groups is 1. The SMILES string of the molecule is CC(=O)CN(CC(O)C(Cc1ccccc1)NC(=O)c1cccc(C)n1)S(=O)(=O)C(C)C. The van der Waals surface area contributed by atoms with Gasteiger partial charge < -0.3 is 10.4 Å². The highest BCUT2D eigenvalue weighted by atomic mass is 32.2. The molecule has 0 aliphatic rings. The van der Waals surface area contributed by atoms with Gasteiger partial charge in [0.1, 0.15) is 11.5 Å². The molecule has 2 rings (SSSR count). The molecule has 0 spiro atoms. The van der Waals surface area contributed by atoms with Crippen LogP contribution in [0, 0.1) is 6.92 Å². The molecule has 1 amide bonds. The van der Waals surface area contributed by atoms with Crippen LogP contribution in [0.5, 0.6) is 0 Å². The Hall–Kier alpha value is -2.62. The van der Waals surface area contributed by atoms with Crippen molar-refractivity contribution in [1.82, 2.24) is 14.6 Å². The zero-order chi connectivity index (χ0) is 23.9. The molecule has 2 N–H and O–H groups in total. The number of hydrogen-bond donors (Lipinski definition) is 2. The lowest BCUT2D eigenvalue weighted by molar-refractivity contribution is -0.117. The smallest absolute Gasteiger partial charge is 0.270 e. The van der Waals surface area contributed by atoms with E-state index in [2.05, 4.69) is 10.3 Å². The number of carbonyl (C=O) groups is 2. The zero-order valence-corrected chi connectivity index (χ0v) is 19.7.